The number of alkyl halides is 3. The van der Waals surface area contributed by atoms with E-state index in [1.807, 2.05) is 11.6 Å². The van der Waals surface area contributed by atoms with Gasteiger partial charge >= 0.3 is 12.1 Å². The van der Waals surface area contributed by atoms with Crippen LogP contribution in [0.2, 0.25) is 0 Å². The predicted octanol–water partition coefficient (Wildman–Crippen LogP) is 4.10. The first kappa shape index (κ1) is 32.8. The van der Waals surface area contributed by atoms with Crippen molar-refractivity contribution in [3.63, 3.8) is 0 Å². The maximum absolute atomic E-state index is 13.5. The van der Waals surface area contributed by atoms with Gasteiger partial charge in [0.15, 0.2) is 5.69 Å². The summed E-state index contributed by atoms with van der Waals surface area (Å²) in [6, 6.07) is 12.4. The van der Waals surface area contributed by atoms with Crippen molar-refractivity contribution in [2.24, 2.45) is 5.28 Å². The van der Waals surface area contributed by atoms with Gasteiger partial charge in [-0.1, -0.05) is 36.8 Å². The average Bonchev–Trinajstić information content (AvgIpc) is 3.41. The summed E-state index contributed by atoms with van der Waals surface area (Å²) in [4.78, 5) is 27.9. The SMILES string of the molecule is CCC(=O)OC(C)ON=[N+]([O-])N(C)CCC(=O)NS(=O)(=O)c1ccc(-n2nc(C(F)(F)F)cc2-c2ccc(C)cc2)cc1. The number of sulfonamides is 1. The number of aryl methyl sites for hydroxylation is 1. The second kappa shape index (κ2) is 13.5. The topological polar surface area (TPSA) is 158 Å². The summed E-state index contributed by atoms with van der Waals surface area (Å²) in [6.07, 6.45) is -6.18. The fourth-order valence-electron chi connectivity index (χ4n) is 3.48. The van der Waals surface area contributed by atoms with Gasteiger partial charge in [-0.05, 0) is 37.3 Å². The lowest BCUT2D eigenvalue weighted by Gasteiger charge is -2.14. The molecule has 2 aromatic carbocycles. The summed E-state index contributed by atoms with van der Waals surface area (Å²) in [5.41, 5.74) is 0.541. The van der Waals surface area contributed by atoms with Crippen LogP contribution in [0.5, 0.6) is 0 Å². The number of amides is 1. The highest BCUT2D eigenvalue weighted by Gasteiger charge is 2.35. The molecule has 0 saturated heterocycles. The minimum absolute atomic E-state index is 0.0128. The largest absolute Gasteiger partial charge is 0.569 e. The van der Waals surface area contributed by atoms with Crippen molar-refractivity contribution in [1.82, 2.24) is 19.5 Å². The predicted molar refractivity (Wildman–Crippen MR) is 144 cm³/mol. The summed E-state index contributed by atoms with van der Waals surface area (Å²) >= 11 is 0. The second-order valence-electron chi connectivity index (χ2n) is 9.20. The van der Waals surface area contributed by atoms with E-state index in [1.54, 1.807) is 31.2 Å². The number of aromatic nitrogens is 2. The van der Waals surface area contributed by atoms with Crippen molar-refractivity contribution >= 4 is 21.9 Å². The minimum atomic E-state index is -4.71. The number of carbonyl (C=O) groups is 2. The Labute approximate surface area is 245 Å². The fourth-order valence-corrected chi connectivity index (χ4v) is 4.49. The monoisotopic (exact) mass is 626 g/mol. The summed E-state index contributed by atoms with van der Waals surface area (Å²) in [7, 11) is -3.11. The molecule has 0 aliphatic heterocycles. The normalized spacial score (nSPS) is 12.9. The molecule has 0 spiro atoms. The molecule has 0 saturated carbocycles. The van der Waals surface area contributed by atoms with Crippen LogP contribution in [0.25, 0.3) is 16.9 Å². The molecule has 3 aromatic rings. The van der Waals surface area contributed by atoms with E-state index in [4.69, 9.17) is 9.57 Å². The molecule has 0 aliphatic carbocycles. The lowest BCUT2D eigenvalue weighted by molar-refractivity contribution is -0.707. The first-order valence-electron chi connectivity index (χ1n) is 12.8. The molecule has 17 heteroatoms. The van der Waals surface area contributed by atoms with Crippen LogP contribution in [0.15, 0.2) is 64.8 Å². The van der Waals surface area contributed by atoms with Gasteiger partial charge in [-0.3, -0.25) is 14.4 Å². The second-order valence-corrected chi connectivity index (χ2v) is 10.9. The minimum Gasteiger partial charge on any atom is -0.569 e. The van der Waals surface area contributed by atoms with Gasteiger partial charge in [0, 0.05) is 18.9 Å². The molecule has 1 amide bonds. The molecule has 1 atom stereocenters. The Balaban J connectivity index is 1.68. The van der Waals surface area contributed by atoms with Crippen molar-refractivity contribution in [2.45, 2.75) is 51.0 Å². The third kappa shape index (κ3) is 8.91. The van der Waals surface area contributed by atoms with Crippen LogP contribution in [0.3, 0.4) is 0 Å². The number of hydrogen-bond acceptors (Lipinski definition) is 9. The lowest BCUT2D eigenvalue weighted by atomic mass is 10.1. The Kier molecular flexibility index (Phi) is 10.3. The van der Waals surface area contributed by atoms with E-state index in [0.717, 1.165) is 33.5 Å². The van der Waals surface area contributed by atoms with Crippen LogP contribution in [0.4, 0.5) is 13.2 Å². The van der Waals surface area contributed by atoms with Crippen LogP contribution in [-0.2, 0) is 35.4 Å². The maximum Gasteiger partial charge on any atom is 0.435 e. The first-order valence-corrected chi connectivity index (χ1v) is 14.2. The zero-order valence-corrected chi connectivity index (χ0v) is 24.3. The number of rotatable bonds is 12. The number of hydrogen-bond donors (Lipinski definition) is 1. The Hall–Kier alpha value is -4.67. The summed E-state index contributed by atoms with van der Waals surface area (Å²) in [5, 5.41) is 19.7. The fraction of sp³-hybridized carbons (Fsp3) is 0.346. The first-order chi connectivity index (χ1) is 20.1. The quantitative estimate of drug-likeness (QED) is 0.103. The highest BCUT2D eigenvalue weighted by atomic mass is 32.2. The zero-order valence-electron chi connectivity index (χ0n) is 23.5. The molecule has 3 rings (SSSR count). The standard InChI is InChI=1S/C26H29F3N6O7S/c1-5-25(37)41-18(3)42-32-35(38)33(4)15-14-24(36)31-43(39,40)21-12-10-20(11-13-21)34-22(16-23(30-34)26(27,28)29)19-8-6-17(2)7-9-19/h6-13,16,18H,5,14-15H2,1-4H3,(H,31,36). The van der Waals surface area contributed by atoms with Gasteiger partial charge in [0.1, 0.15) is 0 Å². The molecular weight excluding hydrogens is 597 g/mol. The van der Waals surface area contributed by atoms with Gasteiger partial charge in [-0.2, -0.15) is 18.3 Å². The maximum atomic E-state index is 13.5. The summed E-state index contributed by atoms with van der Waals surface area (Å²) in [5.74, 6) is -1.51. The van der Waals surface area contributed by atoms with Crippen molar-refractivity contribution < 1.29 is 45.7 Å². The zero-order chi connectivity index (χ0) is 31.9. The number of carbonyl (C=O) groups excluding carboxylic acids is 2. The lowest BCUT2D eigenvalue weighted by Crippen LogP contribution is -2.35. The third-order valence-electron chi connectivity index (χ3n) is 5.79. The number of ether oxygens (including phenoxy) is 1. The summed E-state index contributed by atoms with van der Waals surface area (Å²) in [6.45, 7) is 4.48. The molecule has 1 heterocycles. The molecule has 1 aromatic heterocycles. The van der Waals surface area contributed by atoms with E-state index in [-0.39, 0.29) is 34.2 Å². The molecule has 0 bridgehead atoms. The van der Waals surface area contributed by atoms with E-state index < -0.39 is 46.5 Å². The molecular formula is C26H29F3N6O7S. The summed E-state index contributed by atoms with van der Waals surface area (Å²) < 4.78 is 73.6. The van der Waals surface area contributed by atoms with Crippen LogP contribution in [-0.4, -0.2) is 59.9 Å². The number of hydrazine groups is 1. The molecule has 43 heavy (non-hydrogen) atoms. The molecule has 232 valence electrons. The van der Waals surface area contributed by atoms with Crippen LogP contribution in [0, 0.1) is 12.1 Å². The number of nitrogens with one attached hydrogen (secondary N) is 1. The molecule has 1 N–H and O–H groups in total. The van der Waals surface area contributed by atoms with Crippen LogP contribution in [0.1, 0.15) is 37.9 Å². The van der Waals surface area contributed by atoms with E-state index in [2.05, 4.69) is 10.4 Å². The number of benzene rings is 2. The highest BCUT2D eigenvalue weighted by molar-refractivity contribution is 7.90. The van der Waals surface area contributed by atoms with Crippen molar-refractivity contribution in [1.29, 1.82) is 0 Å². The van der Waals surface area contributed by atoms with Gasteiger partial charge in [-0.25, -0.2) is 17.8 Å². The van der Waals surface area contributed by atoms with Gasteiger partial charge < -0.3 is 9.94 Å². The van der Waals surface area contributed by atoms with Crippen molar-refractivity contribution in [2.75, 3.05) is 13.6 Å². The van der Waals surface area contributed by atoms with E-state index >= 15 is 0 Å². The van der Waals surface area contributed by atoms with Gasteiger partial charge in [0.25, 0.3) is 16.3 Å². The van der Waals surface area contributed by atoms with E-state index in [0.29, 0.717) is 5.56 Å². The molecule has 13 nitrogen and oxygen atoms in total. The average molecular weight is 627 g/mol. The smallest absolute Gasteiger partial charge is 0.435 e. The van der Waals surface area contributed by atoms with Crippen LogP contribution < -0.4 is 4.72 Å². The Morgan fingerprint density at radius 3 is 2.37 bits per heavy atom. The van der Waals surface area contributed by atoms with Gasteiger partial charge in [0.2, 0.25) is 11.2 Å². The van der Waals surface area contributed by atoms with Crippen molar-refractivity contribution in [3.8, 4) is 16.9 Å². The van der Waals surface area contributed by atoms with E-state index in [9.17, 15) is 36.4 Å². The van der Waals surface area contributed by atoms with Gasteiger partial charge in [-0.15, -0.1) is 5.01 Å². The number of halogens is 3. The third-order valence-corrected chi connectivity index (χ3v) is 7.18. The van der Waals surface area contributed by atoms with E-state index in [1.165, 1.54) is 26.1 Å². The Bertz CT molecular complexity index is 1570. The number of nitrogens with zero attached hydrogens (tertiary/aromatic N) is 5. The van der Waals surface area contributed by atoms with Crippen LogP contribution >= 0.6 is 0 Å². The molecule has 0 radical (unpaired) electrons. The molecule has 1 unspecified atom stereocenters. The van der Waals surface area contributed by atoms with Crippen molar-refractivity contribution in [3.05, 3.63) is 71.1 Å². The Morgan fingerprint density at radius 1 is 1.16 bits per heavy atom. The molecule has 0 fully saturated rings. The molecule has 0 aliphatic rings. The Morgan fingerprint density at radius 2 is 1.79 bits per heavy atom. The highest BCUT2D eigenvalue weighted by Crippen LogP contribution is 2.33. The number of esters is 1. The van der Waals surface area contributed by atoms with Gasteiger partial charge in [0.05, 0.1) is 41.3 Å².